The third-order valence-corrected chi connectivity index (χ3v) is 3.44. The van der Waals surface area contributed by atoms with Gasteiger partial charge in [0.25, 0.3) is 0 Å². The standard InChI is InChI=1S/C17H23N5O3/c1-17(2,3)12-11-14(20-16(25)19-10-6-8-15(23)24)22(21-12)13-7-4-5-9-18-13/h4-5,7,9,11H,6,8,10H2,1-3H3,(H,23,24)(H2,19,20,25). The molecule has 0 saturated carbocycles. The molecule has 134 valence electrons. The Bertz CT molecular complexity index is 734. The second-order valence-corrected chi connectivity index (χ2v) is 6.64. The molecule has 3 N–H and O–H groups in total. The average Bonchev–Trinajstić information content (AvgIpc) is 2.96. The fourth-order valence-corrected chi connectivity index (χ4v) is 2.09. The summed E-state index contributed by atoms with van der Waals surface area (Å²) in [6.45, 7) is 6.39. The molecule has 2 amide bonds. The molecule has 0 aliphatic heterocycles. The van der Waals surface area contributed by atoms with Crippen LogP contribution >= 0.6 is 0 Å². The highest BCUT2D eigenvalue weighted by atomic mass is 16.4. The molecule has 0 aromatic carbocycles. The number of amides is 2. The summed E-state index contributed by atoms with van der Waals surface area (Å²) < 4.78 is 1.58. The summed E-state index contributed by atoms with van der Waals surface area (Å²) in [5.41, 5.74) is 0.633. The van der Waals surface area contributed by atoms with Crippen LogP contribution in [0.4, 0.5) is 10.6 Å². The molecule has 0 saturated heterocycles. The minimum Gasteiger partial charge on any atom is -0.481 e. The Labute approximate surface area is 146 Å². The highest BCUT2D eigenvalue weighted by molar-refractivity contribution is 5.88. The Balaban J connectivity index is 2.14. The quantitative estimate of drug-likeness (QED) is 0.697. The van der Waals surface area contributed by atoms with Gasteiger partial charge in [-0.15, -0.1) is 0 Å². The first-order valence-corrected chi connectivity index (χ1v) is 8.06. The van der Waals surface area contributed by atoms with Crippen LogP contribution in [0.1, 0.15) is 39.3 Å². The van der Waals surface area contributed by atoms with E-state index in [4.69, 9.17) is 5.11 Å². The van der Waals surface area contributed by atoms with Gasteiger partial charge in [0.05, 0.1) is 5.69 Å². The van der Waals surface area contributed by atoms with Gasteiger partial charge in [-0.1, -0.05) is 26.8 Å². The van der Waals surface area contributed by atoms with Gasteiger partial charge < -0.3 is 10.4 Å². The number of aliphatic carboxylic acids is 1. The van der Waals surface area contributed by atoms with Crippen molar-refractivity contribution in [1.29, 1.82) is 0 Å². The number of hydrogen-bond donors (Lipinski definition) is 3. The highest BCUT2D eigenvalue weighted by Crippen LogP contribution is 2.25. The highest BCUT2D eigenvalue weighted by Gasteiger charge is 2.21. The Kier molecular flexibility index (Phi) is 5.74. The topological polar surface area (TPSA) is 109 Å². The van der Waals surface area contributed by atoms with Crippen LogP contribution in [0, 0.1) is 0 Å². The second kappa shape index (κ2) is 7.78. The van der Waals surface area contributed by atoms with E-state index in [9.17, 15) is 9.59 Å². The number of aromatic nitrogens is 3. The minimum atomic E-state index is -0.884. The van der Waals surface area contributed by atoms with Crippen molar-refractivity contribution in [2.45, 2.75) is 39.0 Å². The molecule has 0 bridgehead atoms. The fourth-order valence-electron chi connectivity index (χ4n) is 2.09. The van der Waals surface area contributed by atoms with Crippen molar-refractivity contribution in [2.75, 3.05) is 11.9 Å². The third kappa shape index (κ3) is 5.30. The van der Waals surface area contributed by atoms with Crippen molar-refractivity contribution >= 4 is 17.8 Å². The van der Waals surface area contributed by atoms with E-state index < -0.39 is 12.0 Å². The summed E-state index contributed by atoms with van der Waals surface area (Å²) in [6.07, 6.45) is 2.04. The molecular formula is C17H23N5O3. The summed E-state index contributed by atoms with van der Waals surface area (Å²) >= 11 is 0. The normalized spacial score (nSPS) is 11.2. The van der Waals surface area contributed by atoms with E-state index in [1.54, 1.807) is 23.0 Å². The Morgan fingerprint density at radius 3 is 2.64 bits per heavy atom. The molecule has 8 heteroatoms. The number of urea groups is 1. The zero-order valence-electron chi connectivity index (χ0n) is 14.6. The van der Waals surface area contributed by atoms with E-state index in [0.29, 0.717) is 18.1 Å². The molecule has 2 aromatic heterocycles. The molecule has 0 atom stereocenters. The molecule has 0 aliphatic rings. The first-order chi connectivity index (χ1) is 11.8. The van der Waals surface area contributed by atoms with E-state index in [1.807, 2.05) is 32.9 Å². The maximum absolute atomic E-state index is 12.1. The summed E-state index contributed by atoms with van der Waals surface area (Å²) in [6, 6.07) is 6.85. The molecule has 0 unspecified atom stereocenters. The van der Waals surface area contributed by atoms with Gasteiger partial charge in [-0.3, -0.25) is 10.1 Å². The van der Waals surface area contributed by atoms with Crippen molar-refractivity contribution in [2.24, 2.45) is 0 Å². The number of carboxylic acid groups (broad SMARTS) is 1. The van der Waals surface area contributed by atoms with Crippen molar-refractivity contribution < 1.29 is 14.7 Å². The SMILES string of the molecule is CC(C)(C)c1cc(NC(=O)NCCCC(=O)O)n(-c2ccccn2)n1. The number of rotatable bonds is 6. The lowest BCUT2D eigenvalue weighted by Gasteiger charge is -2.13. The lowest BCUT2D eigenvalue weighted by atomic mass is 9.92. The molecule has 8 nitrogen and oxygen atoms in total. The molecule has 2 aromatic rings. The number of carboxylic acids is 1. The van der Waals surface area contributed by atoms with E-state index in [2.05, 4.69) is 20.7 Å². The lowest BCUT2D eigenvalue weighted by molar-refractivity contribution is -0.137. The van der Waals surface area contributed by atoms with Crippen LogP contribution in [0.5, 0.6) is 0 Å². The van der Waals surface area contributed by atoms with Crippen LogP contribution in [-0.2, 0) is 10.2 Å². The Morgan fingerprint density at radius 2 is 2.04 bits per heavy atom. The van der Waals surface area contributed by atoms with Gasteiger partial charge >= 0.3 is 12.0 Å². The predicted molar refractivity (Wildman–Crippen MR) is 94.0 cm³/mol. The largest absolute Gasteiger partial charge is 0.481 e. The summed E-state index contributed by atoms with van der Waals surface area (Å²) in [5.74, 6) is 0.212. The van der Waals surface area contributed by atoms with Crippen LogP contribution in [0.2, 0.25) is 0 Å². The first-order valence-electron chi connectivity index (χ1n) is 8.06. The number of hydrogen-bond acceptors (Lipinski definition) is 4. The van der Waals surface area contributed by atoms with Crippen LogP contribution in [0.3, 0.4) is 0 Å². The molecule has 0 radical (unpaired) electrons. The van der Waals surface area contributed by atoms with Crippen LogP contribution in [0.25, 0.3) is 5.82 Å². The Morgan fingerprint density at radius 1 is 1.28 bits per heavy atom. The molecule has 0 aliphatic carbocycles. The summed E-state index contributed by atoms with van der Waals surface area (Å²) in [7, 11) is 0. The summed E-state index contributed by atoms with van der Waals surface area (Å²) in [5, 5.41) is 18.6. The van der Waals surface area contributed by atoms with Crippen molar-refractivity contribution in [3.63, 3.8) is 0 Å². The van der Waals surface area contributed by atoms with Gasteiger partial charge in [0, 0.05) is 30.6 Å². The van der Waals surface area contributed by atoms with Crippen LogP contribution in [0.15, 0.2) is 30.5 Å². The van der Waals surface area contributed by atoms with Crippen molar-refractivity contribution in [3.05, 3.63) is 36.2 Å². The van der Waals surface area contributed by atoms with E-state index >= 15 is 0 Å². The van der Waals surface area contributed by atoms with E-state index in [1.165, 1.54) is 0 Å². The Hall–Kier alpha value is -2.90. The van der Waals surface area contributed by atoms with Crippen molar-refractivity contribution in [1.82, 2.24) is 20.1 Å². The van der Waals surface area contributed by atoms with Crippen molar-refractivity contribution in [3.8, 4) is 5.82 Å². The van der Waals surface area contributed by atoms with Gasteiger partial charge in [-0.05, 0) is 18.6 Å². The molecule has 25 heavy (non-hydrogen) atoms. The molecule has 0 spiro atoms. The monoisotopic (exact) mass is 345 g/mol. The smallest absolute Gasteiger partial charge is 0.320 e. The number of carbonyl (C=O) groups is 2. The van der Waals surface area contributed by atoms with Crippen LogP contribution in [-0.4, -0.2) is 38.4 Å². The molecule has 2 rings (SSSR count). The third-order valence-electron chi connectivity index (χ3n) is 3.44. The number of carbonyl (C=O) groups excluding carboxylic acids is 1. The molecular weight excluding hydrogens is 322 g/mol. The van der Waals surface area contributed by atoms with Gasteiger partial charge in [-0.25, -0.2) is 9.78 Å². The maximum atomic E-state index is 12.1. The zero-order chi connectivity index (χ0) is 18.4. The average molecular weight is 345 g/mol. The van der Waals surface area contributed by atoms with E-state index in [0.717, 1.165) is 5.69 Å². The van der Waals surface area contributed by atoms with E-state index in [-0.39, 0.29) is 18.4 Å². The zero-order valence-corrected chi connectivity index (χ0v) is 14.6. The van der Waals surface area contributed by atoms with Gasteiger partial charge in [-0.2, -0.15) is 9.78 Å². The molecule has 0 fully saturated rings. The maximum Gasteiger partial charge on any atom is 0.320 e. The van der Waals surface area contributed by atoms with Gasteiger partial charge in [0.2, 0.25) is 0 Å². The minimum absolute atomic E-state index is 0.0142. The second-order valence-electron chi connectivity index (χ2n) is 6.64. The van der Waals surface area contributed by atoms with Gasteiger partial charge in [0.15, 0.2) is 5.82 Å². The summed E-state index contributed by atoms with van der Waals surface area (Å²) in [4.78, 5) is 26.8. The number of anilines is 1. The van der Waals surface area contributed by atoms with Gasteiger partial charge in [0.1, 0.15) is 5.82 Å². The fraction of sp³-hybridized carbons (Fsp3) is 0.412. The molecule has 2 heterocycles. The number of nitrogens with one attached hydrogen (secondary N) is 2. The number of nitrogens with zero attached hydrogens (tertiary/aromatic N) is 3. The lowest BCUT2D eigenvalue weighted by Crippen LogP contribution is -2.30. The first kappa shape index (κ1) is 18.4. The van der Waals surface area contributed by atoms with Crippen LogP contribution < -0.4 is 10.6 Å². The predicted octanol–water partition coefficient (Wildman–Crippen LogP) is 2.55. The number of pyridine rings is 1.